The van der Waals surface area contributed by atoms with Crippen molar-refractivity contribution in [2.75, 3.05) is 7.11 Å². The van der Waals surface area contributed by atoms with E-state index in [0.717, 1.165) is 35.3 Å². The summed E-state index contributed by atoms with van der Waals surface area (Å²) in [6, 6.07) is 4.15. The standard InChI is InChI=1S/C19H28O2/c1-18(2,3)11-13-8-12-9-16(21-7)15(19(4,5)6)10-14(12)17(13)20/h9-10,13H,8,11H2,1-7H3/t13-/m1/s1. The van der Waals surface area contributed by atoms with Crippen molar-refractivity contribution in [2.24, 2.45) is 11.3 Å². The third-order valence-electron chi connectivity index (χ3n) is 4.19. The Morgan fingerprint density at radius 1 is 1.14 bits per heavy atom. The van der Waals surface area contributed by atoms with E-state index in [1.807, 2.05) is 0 Å². The summed E-state index contributed by atoms with van der Waals surface area (Å²) < 4.78 is 5.56. The van der Waals surface area contributed by atoms with E-state index in [2.05, 4.69) is 53.7 Å². The molecule has 0 N–H and O–H groups in total. The SMILES string of the molecule is COc1cc2c(cc1C(C)(C)C)C(=O)[C@@H](CC(C)(C)C)C2. The molecule has 116 valence electrons. The molecule has 2 rings (SSSR count). The average Bonchev–Trinajstić information content (AvgIpc) is 2.61. The first-order valence-electron chi connectivity index (χ1n) is 7.78. The van der Waals surface area contributed by atoms with Gasteiger partial charge in [0.15, 0.2) is 5.78 Å². The normalized spacial score (nSPS) is 18.8. The summed E-state index contributed by atoms with van der Waals surface area (Å²) in [4.78, 5) is 12.7. The molecule has 0 saturated carbocycles. The van der Waals surface area contributed by atoms with Gasteiger partial charge in [0.1, 0.15) is 5.75 Å². The van der Waals surface area contributed by atoms with E-state index in [4.69, 9.17) is 4.74 Å². The van der Waals surface area contributed by atoms with Gasteiger partial charge in [0.05, 0.1) is 7.11 Å². The number of hydrogen-bond donors (Lipinski definition) is 0. The van der Waals surface area contributed by atoms with E-state index in [0.29, 0.717) is 5.78 Å². The van der Waals surface area contributed by atoms with Crippen molar-refractivity contribution in [2.45, 2.75) is 59.8 Å². The van der Waals surface area contributed by atoms with Crippen LogP contribution in [0.25, 0.3) is 0 Å². The molecule has 1 aliphatic rings. The smallest absolute Gasteiger partial charge is 0.166 e. The Balaban J connectivity index is 2.42. The van der Waals surface area contributed by atoms with E-state index in [9.17, 15) is 4.79 Å². The number of methoxy groups -OCH3 is 1. The average molecular weight is 288 g/mol. The van der Waals surface area contributed by atoms with Crippen LogP contribution in [0.1, 0.15) is 69.4 Å². The molecule has 0 fully saturated rings. The van der Waals surface area contributed by atoms with Crippen molar-refractivity contribution >= 4 is 5.78 Å². The van der Waals surface area contributed by atoms with Crippen LogP contribution in [-0.4, -0.2) is 12.9 Å². The quantitative estimate of drug-likeness (QED) is 0.782. The first-order chi connectivity index (χ1) is 9.53. The van der Waals surface area contributed by atoms with Gasteiger partial charge in [0.25, 0.3) is 0 Å². The third-order valence-corrected chi connectivity index (χ3v) is 4.19. The van der Waals surface area contributed by atoms with Gasteiger partial charge < -0.3 is 4.74 Å². The Labute approximate surface area is 128 Å². The maximum atomic E-state index is 12.7. The Hall–Kier alpha value is -1.31. The molecule has 0 aliphatic heterocycles. The number of benzene rings is 1. The van der Waals surface area contributed by atoms with Crippen LogP contribution in [0.2, 0.25) is 0 Å². The number of hydrogen-bond acceptors (Lipinski definition) is 2. The molecule has 0 bridgehead atoms. The molecule has 1 atom stereocenters. The Morgan fingerprint density at radius 2 is 1.76 bits per heavy atom. The van der Waals surface area contributed by atoms with Crippen LogP contribution in [0.3, 0.4) is 0 Å². The van der Waals surface area contributed by atoms with Crippen molar-refractivity contribution in [3.05, 3.63) is 28.8 Å². The van der Waals surface area contributed by atoms with E-state index in [1.54, 1.807) is 7.11 Å². The highest BCUT2D eigenvalue weighted by molar-refractivity contribution is 6.02. The highest BCUT2D eigenvalue weighted by Gasteiger charge is 2.35. The second kappa shape index (κ2) is 5.15. The number of ketones is 1. The Bertz CT molecular complexity index is 556. The fourth-order valence-corrected chi connectivity index (χ4v) is 3.26. The number of ether oxygens (including phenoxy) is 1. The molecule has 0 spiro atoms. The lowest BCUT2D eigenvalue weighted by molar-refractivity contribution is 0.0903. The van der Waals surface area contributed by atoms with Crippen LogP contribution in [0.4, 0.5) is 0 Å². The lowest BCUT2D eigenvalue weighted by Gasteiger charge is -2.23. The van der Waals surface area contributed by atoms with Gasteiger partial charge in [0, 0.05) is 17.0 Å². The molecular formula is C19H28O2. The molecule has 0 heterocycles. The first kappa shape index (κ1) is 16.1. The molecule has 0 amide bonds. The molecule has 2 heteroatoms. The van der Waals surface area contributed by atoms with Crippen LogP contribution in [0, 0.1) is 11.3 Å². The lowest BCUT2D eigenvalue weighted by atomic mass is 9.83. The number of carbonyl (C=O) groups is 1. The molecule has 0 aromatic heterocycles. The second-order valence-corrected chi connectivity index (χ2v) is 8.49. The summed E-state index contributed by atoms with van der Waals surface area (Å²) in [5.41, 5.74) is 3.34. The first-order valence-corrected chi connectivity index (χ1v) is 7.78. The Kier molecular flexibility index (Phi) is 3.94. The van der Waals surface area contributed by atoms with E-state index < -0.39 is 0 Å². The van der Waals surface area contributed by atoms with Crippen LogP contribution in [0.5, 0.6) is 5.75 Å². The fraction of sp³-hybridized carbons (Fsp3) is 0.632. The van der Waals surface area contributed by atoms with Crippen molar-refractivity contribution in [1.82, 2.24) is 0 Å². The monoisotopic (exact) mass is 288 g/mol. The van der Waals surface area contributed by atoms with Gasteiger partial charge in [-0.15, -0.1) is 0 Å². The van der Waals surface area contributed by atoms with Gasteiger partial charge in [-0.05, 0) is 41.4 Å². The number of carbonyl (C=O) groups excluding carboxylic acids is 1. The number of Topliss-reactive ketones (excluding diaryl/α,β-unsaturated/α-hetero) is 1. The largest absolute Gasteiger partial charge is 0.496 e. The van der Waals surface area contributed by atoms with Gasteiger partial charge in [-0.1, -0.05) is 41.5 Å². The van der Waals surface area contributed by atoms with Gasteiger partial charge in [-0.2, -0.15) is 0 Å². The molecule has 1 aromatic carbocycles. The van der Waals surface area contributed by atoms with Crippen molar-refractivity contribution in [3.8, 4) is 5.75 Å². The predicted octanol–water partition coefficient (Wildman–Crippen LogP) is 4.78. The molecule has 2 nitrogen and oxygen atoms in total. The topological polar surface area (TPSA) is 26.3 Å². The Morgan fingerprint density at radius 3 is 2.24 bits per heavy atom. The summed E-state index contributed by atoms with van der Waals surface area (Å²) in [5.74, 6) is 1.35. The lowest BCUT2D eigenvalue weighted by Crippen LogP contribution is -2.18. The van der Waals surface area contributed by atoms with E-state index in [1.165, 1.54) is 0 Å². The van der Waals surface area contributed by atoms with Crippen molar-refractivity contribution in [1.29, 1.82) is 0 Å². The summed E-state index contributed by atoms with van der Waals surface area (Å²) in [6.45, 7) is 13.1. The number of fused-ring (bicyclic) bond motifs is 1. The van der Waals surface area contributed by atoms with Crippen molar-refractivity contribution < 1.29 is 9.53 Å². The van der Waals surface area contributed by atoms with Crippen molar-refractivity contribution in [3.63, 3.8) is 0 Å². The molecule has 1 aliphatic carbocycles. The second-order valence-electron chi connectivity index (χ2n) is 8.49. The van der Waals surface area contributed by atoms with Gasteiger partial charge >= 0.3 is 0 Å². The van der Waals surface area contributed by atoms with Gasteiger partial charge in [-0.25, -0.2) is 0 Å². The summed E-state index contributed by atoms with van der Waals surface area (Å²) in [5, 5.41) is 0. The molecule has 21 heavy (non-hydrogen) atoms. The van der Waals surface area contributed by atoms with Crippen LogP contribution < -0.4 is 4.74 Å². The van der Waals surface area contributed by atoms with Gasteiger partial charge in [-0.3, -0.25) is 4.79 Å². The fourth-order valence-electron chi connectivity index (χ4n) is 3.26. The van der Waals surface area contributed by atoms with E-state index >= 15 is 0 Å². The van der Waals surface area contributed by atoms with Crippen LogP contribution in [-0.2, 0) is 11.8 Å². The predicted molar refractivity (Wildman–Crippen MR) is 87.3 cm³/mol. The molecule has 0 radical (unpaired) electrons. The molecule has 1 aromatic rings. The van der Waals surface area contributed by atoms with Crippen LogP contribution in [0.15, 0.2) is 12.1 Å². The minimum atomic E-state index is -0.0250. The molecular weight excluding hydrogens is 260 g/mol. The number of rotatable bonds is 2. The van der Waals surface area contributed by atoms with E-state index in [-0.39, 0.29) is 16.7 Å². The third kappa shape index (κ3) is 3.30. The highest BCUT2D eigenvalue weighted by Crippen LogP contribution is 2.40. The molecule has 0 saturated heterocycles. The summed E-state index contributed by atoms with van der Waals surface area (Å²) >= 11 is 0. The minimum Gasteiger partial charge on any atom is -0.496 e. The zero-order chi connectivity index (χ0) is 16.0. The zero-order valence-electron chi connectivity index (χ0n) is 14.5. The maximum absolute atomic E-state index is 12.7. The maximum Gasteiger partial charge on any atom is 0.166 e. The zero-order valence-corrected chi connectivity index (χ0v) is 14.5. The molecule has 0 unspecified atom stereocenters. The highest BCUT2D eigenvalue weighted by atomic mass is 16.5. The summed E-state index contributed by atoms with van der Waals surface area (Å²) in [6.07, 6.45) is 1.79. The summed E-state index contributed by atoms with van der Waals surface area (Å²) in [7, 11) is 1.71. The van der Waals surface area contributed by atoms with Crippen LogP contribution >= 0.6 is 0 Å². The minimum absolute atomic E-state index is 0.0250. The van der Waals surface area contributed by atoms with Gasteiger partial charge in [0.2, 0.25) is 0 Å².